The summed E-state index contributed by atoms with van der Waals surface area (Å²) in [7, 11) is -4.46. The van der Waals surface area contributed by atoms with Crippen molar-refractivity contribution < 1.29 is 42.5 Å². The number of hydrogen-bond acceptors (Lipinski definition) is 4. The molecule has 0 aliphatic rings. The Morgan fingerprint density at radius 3 is 2.36 bits per heavy atom. The van der Waals surface area contributed by atoms with Gasteiger partial charge in [0.15, 0.2) is 0 Å². The van der Waals surface area contributed by atoms with Crippen molar-refractivity contribution in [3.63, 3.8) is 0 Å². The molecule has 0 unspecified atom stereocenters. The molecular weight excluding hydrogens is 237 g/mol. The van der Waals surface area contributed by atoms with Crippen LogP contribution in [0.4, 0.5) is 5.69 Å². The van der Waals surface area contributed by atoms with E-state index < -0.39 is 10.1 Å². The fourth-order valence-corrected chi connectivity index (χ4v) is 1.90. The minimum absolute atomic E-state index is 0. The molecule has 0 atom stereocenters. The standard InChI is InChI=1S/C7H8ClNO3S.Na/c1-4-2-6(9)5(8)3-7(4)13(10,11)12;/h2-3H,9H2,1H3,(H,10,11,12);/q;+1/p-1. The summed E-state index contributed by atoms with van der Waals surface area (Å²) in [4.78, 5) is -0.327. The number of aryl methyl sites for hydroxylation is 1. The predicted octanol–water partition coefficient (Wildman–Crippen LogP) is -1.86. The van der Waals surface area contributed by atoms with Crippen LogP contribution < -0.4 is 35.3 Å². The Morgan fingerprint density at radius 1 is 1.43 bits per heavy atom. The van der Waals surface area contributed by atoms with E-state index in [1.807, 2.05) is 0 Å². The van der Waals surface area contributed by atoms with Crippen LogP contribution in [0.25, 0.3) is 0 Å². The molecular formula is C7H7ClNNaO3S. The Balaban J connectivity index is 0.00000169. The second-order valence-corrected chi connectivity index (χ2v) is 4.35. The SMILES string of the molecule is Cc1cc(N)c(Cl)cc1S(=O)(=O)[O-].[Na+]. The third-order valence-corrected chi connectivity index (χ3v) is 2.87. The van der Waals surface area contributed by atoms with Crippen molar-refractivity contribution in [3.8, 4) is 0 Å². The molecule has 0 amide bonds. The Morgan fingerprint density at radius 2 is 1.93 bits per heavy atom. The molecule has 0 spiro atoms. The van der Waals surface area contributed by atoms with Gasteiger partial charge in [0.2, 0.25) is 0 Å². The van der Waals surface area contributed by atoms with Crippen molar-refractivity contribution >= 4 is 27.4 Å². The Bertz CT molecular complexity index is 446. The van der Waals surface area contributed by atoms with E-state index in [-0.39, 0.29) is 45.2 Å². The minimum atomic E-state index is -4.46. The number of rotatable bonds is 1. The number of nitrogens with two attached hydrogens (primary N) is 1. The van der Waals surface area contributed by atoms with Crippen LogP contribution in [-0.2, 0) is 10.1 Å². The zero-order chi connectivity index (χ0) is 10.2. The topological polar surface area (TPSA) is 83.2 Å². The van der Waals surface area contributed by atoms with E-state index in [1.165, 1.54) is 13.0 Å². The molecule has 0 radical (unpaired) electrons. The van der Waals surface area contributed by atoms with Crippen LogP contribution in [0.5, 0.6) is 0 Å². The summed E-state index contributed by atoms with van der Waals surface area (Å²) in [6, 6.07) is 2.42. The van der Waals surface area contributed by atoms with Gasteiger partial charge in [-0.1, -0.05) is 11.6 Å². The first-order chi connectivity index (χ1) is 5.82. The van der Waals surface area contributed by atoms with E-state index in [0.29, 0.717) is 5.56 Å². The summed E-state index contributed by atoms with van der Waals surface area (Å²) in [5.74, 6) is 0. The van der Waals surface area contributed by atoms with E-state index in [9.17, 15) is 13.0 Å². The van der Waals surface area contributed by atoms with Crippen LogP contribution in [0.1, 0.15) is 5.56 Å². The average Bonchev–Trinajstić information content (AvgIpc) is 1.94. The zero-order valence-electron chi connectivity index (χ0n) is 7.74. The second kappa shape index (κ2) is 4.83. The zero-order valence-corrected chi connectivity index (χ0v) is 11.3. The molecule has 14 heavy (non-hydrogen) atoms. The number of nitrogen functional groups attached to an aromatic ring is 1. The van der Waals surface area contributed by atoms with Gasteiger partial charge < -0.3 is 10.3 Å². The number of anilines is 1. The molecule has 0 aliphatic carbocycles. The van der Waals surface area contributed by atoms with Gasteiger partial charge in [0.05, 0.1) is 15.6 Å². The normalized spacial score (nSPS) is 10.8. The molecule has 0 saturated heterocycles. The third kappa shape index (κ3) is 3.12. The molecule has 4 nitrogen and oxygen atoms in total. The maximum Gasteiger partial charge on any atom is 1.00 e. The van der Waals surface area contributed by atoms with E-state index in [0.717, 1.165) is 6.07 Å². The molecule has 7 heteroatoms. The summed E-state index contributed by atoms with van der Waals surface area (Å²) in [5.41, 5.74) is 5.96. The van der Waals surface area contributed by atoms with Gasteiger partial charge in [-0.15, -0.1) is 0 Å². The predicted molar refractivity (Wildman–Crippen MR) is 48.6 cm³/mol. The molecule has 1 rings (SSSR count). The van der Waals surface area contributed by atoms with Crippen LogP contribution in [0.15, 0.2) is 17.0 Å². The molecule has 0 aromatic heterocycles. The fraction of sp³-hybridized carbons (Fsp3) is 0.143. The molecule has 0 heterocycles. The van der Waals surface area contributed by atoms with Gasteiger partial charge in [-0.3, -0.25) is 0 Å². The molecule has 0 fully saturated rings. The molecule has 1 aromatic carbocycles. The number of halogens is 1. The smallest absolute Gasteiger partial charge is 0.744 e. The van der Waals surface area contributed by atoms with E-state index in [1.54, 1.807) is 0 Å². The summed E-state index contributed by atoms with van der Waals surface area (Å²) in [6.45, 7) is 1.48. The van der Waals surface area contributed by atoms with Crippen molar-refractivity contribution in [1.29, 1.82) is 0 Å². The summed E-state index contributed by atoms with van der Waals surface area (Å²) < 4.78 is 32.0. The van der Waals surface area contributed by atoms with Gasteiger partial charge in [0, 0.05) is 0 Å². The quantitative estimate of drug-likeness (QED) is 0.356. The maximum absolute atomic E-state index is 10.7. The van der Waals surface area contributed by atoms with Gasteiger partial charge >= 0.3 is 29.6 Å². The van der Waals surface area contributed by atoms with Crippen molar-refractivity contribution in [2.75, 3.05) is 5.73 Å². The largest absolute Gasteiger partial charge is 1.00 e. The van der Waals surface area contributed by atoms with Crippen LogP contribution in [0, 0.1) is 6.92 Å². The van der Waals surface area contributed by atoms with Gasteiger partial charge in [-0.2, -0.15) is 0 Å². The Labute approximate surface area is 109 Å². The second-order valence-electron chi connectivity index (χ2n) is 2.59. The summed E-state index contributed by atoms with van der Waals surface area (Å²) >= 11 is 5.56. The first-order valence-electron chi connectivity index (χ1n) is 3.34. The number of benzene rings is 1. The van der Waals surface area contributed by atoms with Crippen LogP contribution in [0.3, 0.4) is 0 Å². The van der Waals surface area contributed by atoms with Crippen molar-refractivity contribution in [2.24, 2.45) is 0 Å². The van der Waals surface area contributed by atoms with Crippen molar-refractivity contribution in [3.05, 3.63) is 22.7 Å². The monoisotopic (exact) mass is 243 g/mol. The minimum Gasteiger partial charge on any atom is -0.744 e. The summed E-state index contributed by atoms with van der Waals surface area (Å²) in [6.07, 6.45) is 0. The average molecular weight is 244 g/mol. The van der Waals surface area contributed by atoms with Gasteiger partial charge in [0.1, 0.15) is 10.1 Å². The van der Waals surface area contributed by atoms with Crippen molar-refractivity contribution in [2.45, 2.75) is 11.8 Å². The molecule has 2 N–H and O–H groups in total. The van der Waals surface area contributed by atoms with Crippen LogP contribution >= 0.6 is 11.6 Å². The van der Waals surface area contributed by atoms with Crippen LogP contribution in [0.2, 0.25) is 5.02 Å². The van der Waals surface area contributed by atoms with Crippen molar-refractivity contribution in [1.82, 2.24) is 0 Å². The van der Waals surface area contributed by atoms with Gasteiger partial charge in [-0.25, -0.2) is 8.42 Å². The Hall–Kier alpha value is 0.220. The van der Waals surface area contributed by atoms with Crippen LogP contribution in [-0.4, -0.2) is 13.0 Å². The maximum atomic E-state index is 10.7. The summed E-state index contributed by atoms with van der Waals surface area (Å²) in [5, 5.41) is 0.0695. The first-order valence-corrected chi connectivity index (χ1v) is 5.12. The third-order valence-electron chi connectivity index (χ3n) is 1.56. The van der Waals surface area contributed by atoms with Gasteiger partial charge in [-0.05, 0) is 24.6 Å². The van der Waals surface area contributed by atoms with E-state index >= 15 is 0 Å². The molecule has 0 aliphatic heterocycles. The molecule has 72 valence electrons. The Kier molecular flexibility index (Phi) is 4.90. The fourth-order valence-electron chi connectivity index (χ4n) is 0.955. The number of hydrogen-bond donors (Lipinski definition) is 1. The molecule has 1 aromatic rings. The molecule has 0 saturated carbocycles. The first kappa shape index (κ1) is 14.2. The van der Waals surface area contributed by atoms with E-state index in [2.05, 4.69) is 0 Å². The van der Waals surface area contributed by atoms with Gasteiger partial charge in [0.25, 0.3) is 0 Å². The van der Waals surface area contributed by atoms with E-state index in [4.69, 9.17) is 17.3 Å². The molecule has 0 bridgehead atoms.